The fourth-order valence-corrected chi connectivity index (χ4v) is 2.31. The maximum Gasteiger partial charge on any atom is 0.255 e. The van der Waals surface area contributed by atoms with Gasteiger partial charge in [-0.1, -0.05) is 24.3 Å². The second-order valence-corrected chi connectivity index (χ2v) is 4.90. The molecule has 3 rings (SSSR count). The summed E-state index contributed by atoms with van der Waals surface area (Å²) in [5.41, 5.74) is 2.72. The highest BCUT2D eigenvalue weighted by Gasteiger charge is 2.06. The van der Waals surface area contributed by atoms with Gasteiger partial charge in [-0.25, -0.2) is 0 Å². The number of carbonyl (C=O) groups excluding carboxylic acids is 1. The van der Waals surface area contributed by atoms with Crippen LogP contribution in [0.2, 0.25) is 0 Å². The van der Waals surface area contributed by atoms with Crippen molar-refractivity contribution in [3.63, 3.8) is 0 Å². The Morgan fingerprint density at radius 2 is 1.81 bits per heavy atom. The summed E-state index contributed by atoms with van der Waals surface area (Å²) < 4.78 is 0. The van der Waals surface area contributed by atoms with Crippen LogP contribution in [0, 0.1) is 6.92 Å². The third kappa shape index (κ3) is 2.69. The molecule has 21 heavy (non-hydrogen) atoms. The van der Waals surface area contributed by atoms with E-state index in [9.17, 15) is 9.59 Å². The Morgan fingerprint density at radius 3 is 2.57 bits per heavy atom. The summed E-state index contributed by atoms with van der Waals surface area (Å²) in [5.74, 6) is -0.176. The Bertz CT molecular complexity index is 867. The Morgan fingerprint density at radius 1 is 1.05 bits per heavy atom. The molecule has 104 valence electrons. The first kappa shape index (κ1) is 13.1. The predicted molar refractivity (Wildman–Crippen MR) is 83.7 cm³/mol. The Labute approximate surface area is 121 Å². The van der Waals surface area contributed by atoms with Crippen molar-refractivity contribution >= 4 is 22.5 Å². The lowest BCUT2D eigenvalue weighted by Crippen LogP contribution is -2.12. The van der Waals surface area contributed by atoms with E-state index in [4.69, 9.17) is 0 Å². The van der Waals surface area contributed by atoms with E-state index in [0.29, 0.717) is 16.8 Å². The van der Waals surface area contributed by atoms with Crippen molar-refractivity contribution in [2.75, 3.05) is 5.32 Å². The van der Waals surface area contributed by atoms with Crippen molar-refractivity contribution < 1.29 is 4.79 Å². The molecule has 0 aliphatic heterocycles. The van der Waals surface area contributed by atoms with Gasteiger partial charge in [0.2, 0.25) is 5.56 Å². The van der Waals surface area contributed by atoms with E-state index in [1.807, 2.05) is 37.3 Å². The molecule has 0 saturated carbocycles. The average Bonchev–Trinajstić information content (AvgIpc) is 2.47. The summed E-state index contributed by atoms with van der Waals surface area (Å²) in [6.07, 6.45) is 0. The normalized spacial score (nSPS) is 10.5. The van der Waals surface area contributed by atoms with Gasteiger partial charge in [0.15, 0.2) is 0 Å². The highest BCUT2D eigenvalue weighted by molar-refractivity contribution is 6.05. The van der Waals surface area contributed by atoms with E-state index in [0.717, 1.165) is 10.9 Å². The van der Waals surface area contributed by atoms with Crippen molar-refractivity contribution in [1.82, 2.24) is 4.98 Å². The molecule has 0 aliphatic rings. The number of nitrogens with one attached hydrogen (secondary N) is 2. The van der Waals surface area contributed by atoms with Crippen LogP contribution in [0.3, 0.4) is 0 Å². The van der Waals surface area contributed by atoms with Crippen LogP contribution in [0.4, 0.5) is 5.69 Å². The van der Waals surface area contributed by atoms with Gasteiger partial charge in [0.25, 0.3) is 5.91 Å². The number of hydrogen-bond acceptors (Lipinski definition) is 2. The standard InChI is InChI=1S/C17H14N2O2/c1-11-9-16(20)19-15-10-13(7-8-14(11)15)18-17(21)12-5-3-2-4-6-12/h2-10H,1H3,(H,18,21)(H,19,20). The molecule has 0 aliphatic carbocycles. The molecule has 1 heterocycles. The number of aryl methyl sites for hydroxylation is 1. The highest BCUT2D eigenvalue weighted by Crippen LogP contribution is 2.19. The molecule has 1 aromatic heterocycles. The molecule has 0 unspecified atom stereocenters. The van der Waals surface area contributed by atoms with Gasteiger partial charge in [-0.05, 0) is 36.8 Å². The molecular weight excluding hydrogens is 264 g/mol. The van der Waals surface area contributed by atoms with E-state index in [2.05, 4.69) is 10.3 Å². The molecule has 2 aromatic carbocycles. The van der Waals surface area contributed by atoms with Crippen molar-refractivity contribution in [1.29, 1.82) is 0 Å². The summed E-state index contributed by atoms with van der Waals surface area (Å²) in [5, 5.41) is 3.79. The molecule has 4 nitrogen and oxygen atoms in total. The zero-order valence-corrected chi connectivity index (χ0v) is 11.5. The largest absolute Gasteiger partial charge is 0.322 e. The van der Waals surface area contributed by atoms with E-state index in [1.165, 1.54) is 0 Å². The number of aromatic amines is 1. The maximum absolute atomic E-state index is 12.1. The Balaban J connectivity index is 1.95. The third-order valence-electron chi connectivity index (χ3n) is 3.34. The molecule has 1 amide bonds. The SMILES string of the molecule is Cc1cc(=O)[nH]c2cc(NC(=O)c3ccccc3)ccc12. The number of hydrogen-bond donors (Lipinski definition) is 2. The quantitative estimate of drug-likeness (QED) is 0.756. The van der Waals surface area contributed by atoms with Crippen LogP contribution in [0.25, 0.3) is 10.9 Å². The molecule has 0 bridgehead atoms. The van der Waals surface area contributed by atoms with Gasteiger partial charge in [-0.15, -0.1) is 0 Å². The Kier molecular flexibility index (Phi) is 3.28. The fourth-order valence-electron chi connectivity index (χ4n) is 2.31. The number of benzene rings is 2. The monoisotopic (exact) mass is 278 g/mol. The highest BCUT2D eigenvalue weighted by atomic mass is 16.1. The van der Waals surface area contributed by atoms with Crippen LogP contribution in [0.15, 0.2) is 59.4 Å². The molecular formula is C17H14N2O2. The van der Waals surface area contributed by atoms with Crippen LogP contribution < -0.4 is 10.9 Å². The molecule has 0 atom stereocenters. The average molecular weight is 278 g/mol. The van der Waals surface area contributed by atoms with Crippen LogP contribution in [0.1, 0.15) is 15.9 Å². The van der Waals surface area contributed by atoms with E-state index in [1.54, 1.807) is 24.3 Å². The summed E-state index contributed by atoms with van der Waals surface area (Å²) in [4.78, 5) is 26.4. The number of amides is 1. The predicted octanol–water partition coefficient (Wildman–Crippen LogP) is 3.09. The first-order valence-electron chi connectivity index (χ1n) is 6.63. The molecule has 0 radical (unpaired) electrons. The zero-order chi connectivity index (χ0) is 14.8. The first-order valence-corrected chi connectivity index (χ1v) is 6.63. The van der Waals surface area contributed by atoms with E-state index in [-0.39, 0.29) is 11.5 Å². The number of carbonyl (C=O) groups is 1. The molecule has 0 fully saturated rings. The van der Waals surface area contributed by atoms with Crippen molar-refractivity contribution in [3.05, 3.63) is 76.1 Å². The van der Waals surface area contributed by atoms with Gasteiger partial charge >= 0.3 is 0 Å². The minimum Gasteiger partial charge on any atom is -0.322 e. The van der Waals surface area contributed by atoms with E-state index >= 15 is 0 Å². The second-order valence-electron chi connectivity index (χ2n) is 4.90. The fraction of sp³-hybridized carbons (Fsp3) is 0.0588. The van der Waals surface area contributed by atoms with Crippen molar-refractivity contribution in [3.8, 4) is 0 Å². The second kappa shape index (κ2) is 5.25. The van der Waals surface area contributed by atoms with Crippen LogP contribution in [-0.4, -0.2) is 10.9 Å². The van der Waals surface area contributed by atoms with Crippen molar-refractivity contribution in [2.24, 2.45) is 0 Å². The minimum absolute atomic E-state index is 0.147. The first-order chi connectivity index (χ1) is 10.1. The number of rotatable bonds is 2. The summed E-state index contributed by atoms with van der Waals surface area (Å²) in [7, 11) is 0. The third-order valence-corrected chi connectivity index (χ3v) is 3.34. The molecule has 0 spiro atoms. The Hall–Kier alpha value is -2.88. The minimum atomic E-state index is -0.176. The summed E-state index contributed by atoms with van der Waals surface area (Å²) in [6.45, 7) is 1.89. The van der Waals surface area contributed by atoms with Crippen molar-refractivity contribution in [2.45, 2.75) is 6.92 Å². The number of anilines is 1. The zero-order valence-electron chi connectivity index (χ0n) is 11.5. The van der Waals surface area contributed by atoms with Gasteiger partial charge in [-0.2, -0.15) is 0 Å². The van der Waals surface area contributed by atoms with Gasteiger partial charge in [-0.3, -0.25) is 9.59 Å². The van der Waals surface area contributed by atoms with Gasteiger partial charge in [0.05, 0.1) is 5.52 Å². The molecule has 0 saturated heterocycles. The van der Waals surface area contributed by atoms with Crippen LogP contribution in [-0.2, 0) is 0 Å². The summed E-state index contributed by atoms with van der Waals surface area (Å²) in [6, 6.07) is 16.0. The smallest absolute Gasteiger partial charge is 0.255 e. The molecule has 3 aromatic rings. The lowest BCUT2D eigenvalue weighted by atomic mass is 10.1. The van der Waals surface area contributed by atoms with Gasteiger partial charge < -0.3 is 10.3 Å². The number of aromatic nitrogens is 1. The van der Waals surface area contributed by atoms with Crippen LogP contribution >= 0.6 is 0 Å². The maximum atomic E-state index is 12.1. The van der Waals surface area contributed by atoms with Gasteiger partial charge in [0.1, 0.15) is 0 Å². The lowest BCUT2D eigenvalue weighted by molar-refractivity contribution is 0.102. The van der Waals surface area contributed by atoms with Crippen LogP contribution in [0.5, 0.6) is 0 Å². The van der Waals surface area contributed by atoms with Gasteiger partial charge in [0, 0.05) is 22.7 Å². The number of fused-ring (bicyclic) bond motifs is 1. The van der Waals surface area contributed by atoms with E-state index < -0.39 is 0 Å². The molecule has 4 heteroatoms. The molecule has 2 N–H and O–H groups in total. The topological polar surface area (TPSA) is 62.0 Å². The number of H-pyrrole nitrogens is 1. The lowest BCUT2D eigenvalue weighted by Gasteiger charge is -2.07. The summed E-state index contributed by atoms with van der Waals surface area (Å²) >= 11 is 0. The number of pyridine rings is 1.